The molecule has 1 aromatic carbocycles. The van der Waals surface area contributed by atoms with E-state index < -0.39 is 5.82 Å². The van der Waals surface area contributed by atoms with Crippen molar-refractivity contribution in [2.24, 2.45) is 5.73 Å². The van der Waals surface area contributed by atoms with Crippen LogP contribution in [0.5, 0.6) is 0 Å². The second-order valence-corrected chi connectivity index (χ2v) is 5.30. The van der Waals surface area contributed by atoms with Gasteiger partial charge in [-0.2, -0.15) is 0 Å². The Labute approximate surface area is 133 Å². The molecule has 0 amide bonds. The van der Waals surface area contributed by atoms with E-state index in [-0.39, 0.29) is 12.2 Å². The highest BCUT2D eigenvalue weighted by Crippen LogP contribution is 2.33. The van der Waals surface area contributed by atoms with Crippen molar-refractivity contribution in [1.29, 1.82) is 0 Å². The molecule has 2 aromatic heterocycles. The van der Waals surface area contributed by atoms with E-state index in [0.717, 1.165) is 10.9 Å². The highest BCUT2D eigenvalue weighted by molar-refractivity contribution is 5.93. The molecular formula is C18H17FN2O2. The highest BCUT2D eigenvalue weighted by Gasteiger charge is 2.16. The number of hydrogen-bond donors (Lipinski definition) is 1. The van der Waals surface area contributed by atoms with Crippen LogP contribution in [0.4, 0.5) is 4.39 Å². The first-order chi connectivity index (χ1) is 11.1. The number of pyridine rings is 1. The minimum atomic E-state index is -0.425. The van der Waals surface area contributed by atoms with Crippen molar-refractivity contribution < 1.29 is 13.5 Å². The van der Waals surface area contributed by atoms with E-state index in [9.17, 15) is 4.39 Å². The van der Waals surface area contributed by atoms with E-state index >= 15 is 0 Å². The molecule has 0 saturated heterocycles. The zero-order chi connectivity index (χ0) is 16.4. The molecule has 5 heteroatoms. The summed E-state index contributed by atoms with van der Waals surface area (Å²) in [5, 5.41) is 0.883. The van der Waals surface area contributed by atoms with E-state index in [1.807, 2.05) is 18.2 Å². The third-order valence-electron chi connectivity index (χ3n) is 3.54. The van der Waals surface area contributed by atoms with Crippen LogP contribution in [0.15, 0.2) is 53.5 Å². The van der Waals surface area contributed by atoms with Crippen molar-refractivity contribution >= 4 is 11.0 Å². The maximum atomic E-state index is 14.6. The van der Waals surface area contributed by atoms with Crippen molar-refractivity contribution in [2.45, 2.75) is 20.1 Å². The SMILES string of the molecule is C=C(C)OCc1cc(-c2ccnc(CN)c2F)c2occc2c1. The molecule has 0 radical (unpaired) electrons. The van der Waals surface area contributed by atoms with Crippen LogP contribution in [0.3, 0.4) is 0 Å². The number of benzene rings is 1. The number of ether oxygens (including phenoxy) is 1. The summed E-state index contributed by atoms with van der Waals surface area (Å²) in [6.07, 6.45) is 3.13. The van der Waals surface area contributed by atoms with Crippen molar-refractivity contribution in [2.75, 3.05) is 0 Å². The minimum Gasteiger partial charge on any atom is -0.494 e. The molecule has 0 fully saturated rings. The standard InChI is InChI=1S/C18H17FN2O2/c1-11(2)23-10-12-7-13-4-6-22-18(13)15(8-12)14-3-5-21-16(9-20)17(14)19/h3-8H,1,9-10,20H2,2H3. The zero-order valence-electron chi connectivity index (χ0n) is 12.8. The first-order valence-corrected chi connectivity index (χ1v) is 7.22. The largest absolute Gasteiger partial charge is 0.494 e. The monoisotopic (exact) mass is 312 g/mol. The summed E-state index contributed by atoms with van der Waals surface area (Å²) in [4.78, 5) is 3.97. The van der Waals surface area contributed by atoms with Crippen molar-refractivity contribution in [1.82, 2.24) is 4.98 Å². The third kappa shape index (κ3) is 2.96. The first kappa shape index (κ1) is 15.2. The van der Waals surface area contributed by atoms with E-state index in [2.05, 4.69) is 11.6 Å². The number of fused-ring (bicyclic) bond motifs is 1. The number of nitrogens with zero attached hydrogens (tertiary/aromatic N) is 1. The number of rotatable bonds is 5. The Bertz CT molecular complexity index is 871. The van der Waals surface area contributed by atoms with Crippen LogP contribution in [0.25, 0.3) is 22.1 Å². The second-order valence-electron chi connectivity index (χ2n) is 5.30. The molecule has 3 rings (SSSR count). The summed E-state index contributed by atoms with van der Waals surface area (Å²) in [5.74, 6) is 0.199. The van der Waals surface area contributed by atoms with Gasteiger partial charge >= 0.3 is 0 Å². The molecule has 0 unspecified atom stereocenters. The van der Waals surface area contributed by atoms with Crippen molar-refractivity contribution in [3.8, 4) is 11.1 Å². The lowest BCUT2D eigenvalue weighted by atomic mass is 10.00. The Balaban J connectivity index is 2.16. The molecule has 0 aliphatic rings. The molecule has 4 nitrogen and oxygen atoms in total. The number of hydrogen-bond acceptors (Lipinski definition) is 4. The molecule has 0 aliphatic carbocycles. The van der Waals surface area contributed by atoms with Crippen LogP contribution in [0.1, 0.15) is 18.2 Å². The van der Waals surface area contributed by atoms with Gasteiger partial charge in [0, 0.05) is 29.3 Å². The van der Waals surface area contributed by atoms with Crippen molar-refractivity contribution in [3.05, 3.63) is 66.1 Å². The molecule has 118 valence electrons. The summed E-state index contributed by atoms with van der Waals surface area (Å²) in [6, 6.07) is 7.27. The molecule has 23 heavy (non-hydrogen) atoms. The van der Waals surface area contributed by atoms with Crippen LogP contribution in [0, 0.1) is 5.82 Å². The number of nitrogens with two attached hydrogens (primary N) is 1. The first-order valence-electron chi connectivity index (χ1n) is 7.22. The summed E-state index contributed by atoms with van der Waals surface area (Å²) in [7, 11) is 0. The number of furan rings is 1. The molecule has 0 saturated carbocycles. The molecule has 0 spiro atoms. The number of halogens is 1. The maximum Gasteiger partial charge on any atom is 0.153 e. The van der Waals surface area contributed by atoms with E-state index in [1.54, 1.807) is 25.5 Å². The fraction of sp³-hybridized carbons (Fsp3) is 0.167. The molecule has 0 atom stereocenters. The Kier molecular flexibility index (Phi) is 4.12. The van der Waals surface area contributed by atoms with Gasteiger partial charge in [-0.3, -0.25) is 4.98 Å². The topological polar surface area (TPSA) is 61.3 Å². The highest BCUT2D eigenvalue weighted by atomic mass is 19.1. The fourth-order valence-corrected chi connectivity index (χ4v) is 2.47. The maximum absolute atomic E-state index is 14.6. The van der Waals surface area contributed by atoms with Crippen LogP contribution < -0.4 is 5.73 Å². The van der Waals surface area contributed by atoms with Gasteiger partial charge in [-0.05, 0) is 36.8 Å². The third-order valence-corrected chi connectivity index (χ3v) is 3.54. The predicted molar refractivity (Wildman–Crippen MR) is 86.9 cm³/mol. The van der Waals surface area contributed by atoms with Gasteiger partial charge in [0.25, 0.3) is 0 Å². The van der Waals surface area contributed by atoms with Gasteiger partial charge in [0.2, 0.25) is 0 Å². The Morgan fingerprint density at radius 3 is 2.91 bits per heavy atom. The van der Waals surface area contributed by atoms with Gasteiger partial charge in [0.05, 0.1) is 17.7 Å². The lowest BCUT2D eigenvalue weighted by molar-refractivity contribution is 0.202. The normalized spacial score (nSPS) is 10.9. The molecular weight excluding hydrogens is 295 g/mol. The van der Waals surface area contributed by atoms with Gasteiger partial charge in [0.15, 0.2) is 5.82 Å². The van der Waals surface area contributed by atoms with Gasteiger partial charge in [0.1, 0.15) is 12.2 Å². The van der Waals surface area contributed by atoms with Crippen LogP contribution in [-0.2, 0) is 17.9 Å². The second kappa shape index (κ2) is 6.22. The smallest absolute Gasteiger partial charge is 0.153 e. The predicted octanol–water partition coefficient (Wildman–Crippen LogP) is 4.14. The van der Waals surface area contributed by atoms with Crippen LogP contribution >= 0.6 is 0 Å². The van der Waals surface area contributed by atoms with E-state index in [0.29, 0.717) is 29.1 Å². The van der Waals surface area contributed by atoms with Crippen LogP contribution in [0.2, 0.25) is 0 Å². The average molecular weight is 312 g/mol. The van der Waals surface area contributed by atoms with Gasteiger partial charge in [-0.1, -0.05) is 6.58 Å². The van der Waals surface area contributed by atoms with E-state index in [1.165, 1.54) is 0 Å². The van der Waals surface area contributed by atoms with Gasteiger partial charge in [-0.15, -0.1) is 0 Å². The molecule has 0 bridgehead atoms. The molecule has 3 aromatic rings. The van der Waals surface area contributed by atoms with E-state index in [4.69, 9.17) is 14.9 Å². The quantitative estimate of drug-likeness (QED) is 0.719. The molecule has 2 heterocycles. The fourth-order valence-electron chi connectivity index (χ4n) is 2.47. The summed E-state index contributed by atoms with van der Waals surface area (Å²) in [5.41, 5.74) is 8.37. The average Bonchev–Trinajstić information content (AvgIpc) is 3.01. The minimum absolute atomic E-state index is 0.0411. The Morgan fingerprint density at radius 2 is 2.17 bits per heavy atom. The van der Waals surface area contributed by atoms with Gasteiger partial charge < -0.3 is 14.9 Å². The summed E-state index contributed by atoms with van der Waals surface area (Å²) >= 11 is 0. The van der Waals surface area contributed by atoms with Crippen LogP contribution in [-0.4, -0.2) is 4.98 Å². The summed E-state index contributed by atoms with van der Waals surface area (Å²) in [6.45, 7) is 5.90. The number of allylic oxidation sites excluding steroid dienone is 1. The summed E-state index contributed by atoms with van der Waals surface area (Å²) < 4.78 is 25.6. The lowest BCUT2D eigenvalue weighted by Crippen LogP contribution is -2.04. The van der Waals surface area contributed by atoms with Crippen molar-refractivity contribution in [3.63, 3.8) is 0 Å². The Hall–Kier alpha value is -2.66. The molecule has 2 N–H and O–H groups in total. The lowest BCUT2D eigenvalue weighted by Gasteiger charge is -2.10. The molecule has 0 aliphatic heterocycles. The zero-order valence-corrected chi connectivity index (χ0v) is 12.8. The Morgan fingerprint density at radius 1 is 1.35 bits per heavy atom. The van der Waals surface area contributed by atoms with Gasteiger partial charge in [-0.25, -0.2) is 4.39 Å². The number of aromatic nitrogens is 1.